The Balaban J connectivity index is 2.31. The molecule has 1 N–H and O–H groups in total. The number of rotatable bonds is 6. The molecule has 0 aliphatic rings. The molecule has 1 amide bonds. The number of hydrogen-bond acceptors (Lipinski definition) is 5. The van der Waals surface area contributed by atoms with Gasteiger partial charge in [-0.3, -0.25) is 14.2 Å². The van der Waals surface area contributed by atoms with Crippen LogP contribution in [0, 0.1) is 17.1 Å². The second-order valence-corrected chi connectivity index (χ2v) is 7.18. The van der Waals surface area contributed by atoms with E-state index in [1.54, 1.807) is 12.1 Å². The lowest BCUT2D eigenvalue weighted by atomic mass is 10.2. The largest absolute Gasteiger partial charge is 0.383 e. The Bertz CT molecular complexity index is 1270. The molecule has 0 aliphatic carbocycles. The first kappa shape index (κ1) is 21.2. The summed E-state index contributed by atoms with van der Waals surface area (Å²) in [6.07, 6.45) is 1.64. The van der Waals surface area contributed by atoms with Crippen molar-refractivity contribution in [3.8, 4) is 11.8 Å². The van der Waals surface area contributed by atoms with Crippen LogP contribution in [0.4, 0.5) is 4.39 Å². The molecule has 0 saturated carbocycles. The fraction of sp³-hybridized carbons (Fsp3) is 0.136. The van der Waals surface area contributed by atoms with Crippen LogP contribution in [0.25, 0.3) is 17.3 Å². The summed E-state index contributed by atoms with van der Waals surface area (Å²) in [5, 5.41) is 12.2. The van der Waals surface area contributed by atoms with Gasteiger partial charge in [-0.15, -0.1) is 11.3 Å². The van der Waals surface area contributed by atoms with E-state index < -0.39 is 17.3 Å². The summed E-state index contributed by atoms with van der Waals surface area (Å²) >= 11 is 0.961. The minimum absolute atomic E-state index is 0.0288. The van der Waals surface area contributed by atoms with Crippen LogP contribution in [0.15, 0.2) is 59.4 Å². The van der Waals surface area contributed by atoms with E-state index in [1.807, 2.05) is 36.4 Å². The van der Waals surface area contributed by atoms with Crippen LogP contribution in [0.3, 0.4) is 0 Å². The predicted octanol–water partition coefficient (Wildman–Crippen LogP) is 1.30. The highest BCUT2D eigenvalue weighted by atomic mass is 32.1. The van der Waals surface area contributed by atoms with Crippen LogP contribution >= 0.6 is 11.3 Å². The van der Waals surface area contributed by atoms with Crippen molar-refractivity contribution in [2.24, 2.45) is 0 Å². The Labute approximate surface area is 175 Å². The van der Waals surface area contributed by atoms with E-state index in [0.29, 0.717) is 0 Å². The lowest BCUT2D eigenvalue weighted by Crippen LogP contribution is -2.35. The molecule has 0 aliphatic heterocycles. The van der Waals surface area contributed by atoms with Gasteiger partial charge in [-0.2, -0.15) is 5.26 Å². The summed E-state index contributed by atoms with van der Waals surface area (Å²) in [6, 6.07) is 16.7. The molecule has 0 fully saturated rings. The van der Waals surface area contributed by atoms with Crippen molar-refractivity contribution in [3.63, 3.8) is 0 Å². The maximum Gasteiger partial charge on any atom is 0.273 e. The Morgan fingerprint density at radius 1 is 1.23 bits per heavy atom. The number of carbonyl (C=O) groups excluding carboxylic acids is 1. The molecular formula is C22H18FN3O3S. The molecule has 30 heavy (non-hydrogen) atoms. The number of benzene rings is 2. The molecule has 0 saturated heterocycles. The number of para-hydroxylation sites is 1. The van der Waals surface area contributed by atoms with Gasteiger partial charge in [0.05, 0.1) is 16.8 Å². The normalized spacial score (nSPS) is 12.4. The third kappa shape index (κ3) is 4.54. The minimum Gasteiger partial charge on any atom is -0.383 e. The van der Waals surface area contributed by atoms with Gasteiger partial charge in [0, 0.05) is 13.7 Å². The maximum atomic E-state index is 14.5. The van der Waals surface area contributed by atoms with Crippen molar-refractivity contribution in [1.82, 2.24) is 9.88 Å². The molecule has 1 aromatic heterocycles. The molecule has 0 radical (unpaired) electrons. The number of nitriles is 1. The number of carbonyl (C=O) groups is 1. The van der Waals surface area contributed by atoms with Crippen LogP contribution in [0.2, 0.25) is 0 Å². The Morgan fingerprint density at radius 3 is 2.60 bits per heavy atom. The summed E-state index contributed by atoms with van der Waals surface area (Å²) in [7, 11) is 1.49. The molecule has 152 valence electrons. The Hall–Kier alpha value is -3.54. The standard InChI is InChI=1S/C22H18FN3O3S/c1-29-12-11-25-20(27)16(14-24)22-26(18-10-6-5-9-17(18)23)21(28)19(30-22)13-15-7-3-2-4-8-15/h2-10,13H,11-12H2,1H3,(H,25,27)/b19-13-,22-16-. The topological polar surface area (TPSA) is 84.1 Å². The number of nitrogens with one attached hydrogen (secondary N) is 1. The average molecular weight is 423 g/mol. The van der Waals surface area contributed by atoms with Crippen molar-refractivity contribution in [2.45, 2.75) is 0 Å². The molecule has 1 heterocycles. The molecule has 0 atom stereocenters. The van der Waals surface area contributed by atoms with Gasteiger partial charge in [0.2, 0.25) is 0 Å². The smallest absolute Gasteiger partial charge is 0.273 e. The second kappa shape index (κ2) is 9.78. The first-order chi connectivity index (χ1) is 14.6. The monoisotopic (exact) mass is 423 g/mol. The molecule has 3 aromatic rings. The van der Waals surface area contributed by atoms with E-state index in [4.69, 9.17) is 4.74 Å². The number of halogens is 1. The van der Waals surface area contributed by atoms with E-state index in [0.717, 1.165) is 21.5 Å². The SMILES string of the molecule is COCCNC(=O)/C(C#N)=c1\s/c(=C\c2ccccc2)c(=O)n1-c1ccccc1F. The highest BCUT2D eigenvalue weighted by Gasteiger charge is 2.18. The van der Waals surface area contributed by atoms with Crippen LogP contribution in [0.5, 0.6) is 0 Å². The highest BCUT2D eigenvalue weighted by molar-refractivity contribution is 7.07. The summed E-state index contributed by atoms with van der Waals surface area (Å²) in [5.74, 6) is -1.30. The number of nitrogens with zero attached hydrogens (tertiary/aromatic N) is 2. The minimum atomic E-state index is -0.660. The van der Waals surface area contributed by atoms with Crippen molar-refractivity contribution >= 4 is 28.9 Å². The Morgan fingerprint density at radius 2 is 1.93 bits per heavy atom. The fourth-order valence-corrected chi connectivity index (χ4v) is 3.85. The van der Waals surface area contributed by atoms with Gasteiger partial charge in [0.15, 0.2) is 5.57 Å². The molecule has 0 bridgehead atoms. The van der Waals surface area contributed by atoms with Crippen molar-refractivity contribution in [2.75, 3.05) is 20.3 Å². The number of methoxy groups -OCH3 is 1. The first-order valence-electron chi connectivity index (χ1n) is 9.02. The predicted molar refractivity (Wildman–Crippen MR) is 113 cm³/mol. The molecule has 3 rings (SSSR count). The van der Waals surface area contributed by atoms with E-state index in [1.165, 1.54) is 25.3 Å². The molecule has 8 heteroatoms. The average Bonchev–Trinajstić information content (AvgIpc) is 3.05. The molecule has 0 spiro atoms. The number of hydrogen-bond donors (Lipinski definition) is 1. The molecular weight excluding hydrogens is 405 g/mol. The number of amides is 1. The maximum absolute atomic E-state index is 14.5. The third-order valence-corrected chi connectivity index (χ3v) is 5.25. The molecule has 0 unspecified atom stereocenters. The summed E-state index contributed by atoms with van der Waals surface area (Å²) < 4.78 is 20.8. The van der Waals surface area contributed by atoms with Gasteiger partial charge in [0.1, 0.15) is 16.5 Å². The lowest BCUT2D eigenvalue weighted by molar-refractivity contribution is -0.115. The first-order valence-corrected chi connectivity index (χ1v) is 9.83. The Kier molecular flexibility index (Phi) is 6.91. The highest BCUT2D eigenvalue weighted by Crippen LogP contribution is 2.09. The quantitative estimate of drug-likeness (QED) is 0.606. The van der Waals surface area contributed by atoms with E-state index in [-0.39, 0.29) is 33.6 Å². The van der Waals surface area contributed by atoms with Crippen molar-refractivity contribution in [1.29, 1.82) is 5.26 Å². The number of aromatic nitrogens is 1. The van der Waals surface area contributed by atoms with Gasteiger partial charge in [-0.25, -0.2) is 4.39 Å². The summed E-state index contributed by atoms with van der Waals surface area (Å²) in [4.78, 5) is 25.7. The van der Waals surface area contributed by atoms with Crippen LogP contribution < -0.4 is 20.1 Å². The van der Waals surface area contributed by atoms with Gasteiger partial charge in [-0.05, 0) is 23.8 Å². The summed E-state index contributed by atoms with van der Waals surface area (Å²) in [5.41, 5.74) is -0.0457. The van der Waals surface area contributed by atoms with Crippen molar-refractivity contribution in [3.05, 3.63) is 85.5 Å². The van der Waals surface area contributed by atoms with E-state index >= 15 is 0 Å². The van der Waals surface area contributed by atoms with Crippen LogP contribution in [-0.2, 0) is 9.53 Å². The van der Waals surface area contributed by atoms with Gasteiger partial charge in [-0.1, -0.05) is 42.5 Å². The molecule has 6 nitrogen and oxygen atoms in total. The van der Waals surface area contributed by atoms with E-state index in [9.17, 15) is 19.2 Å². The van der Waals surface area contributed by atoms with Gasteiger partial charge < -0.3 is 10.1 Å². The number of ether oxygens (including phenoxy) is 1. The summed E-state index contributed by atoms with van der Waals surface area (Å²) in [6.45, 7) is 0.459. The second-order valence-electron chi connectivity index (χ2n) is 6.15. The van der Waals surface area contributed by atoms with Gasteiger partial charge >= 0.3 is 0 Å². The number of thiazole rings is 1. The third-order valence-electron chi connectivity index (χ3n) is 4.16. The fourth-order valence-electron chi connectivity index (χ4n) is 2.75. The zero-order valence-corrected chi connectivity index (χ0v) is 16.9. The molecule has 2 aromatic carbocycles. The zero-order valence-electron chi connectivity index (χ0n) is 16.1. The van der Waals surface area contributed by atoms with Crippen molar-refractivity contribution < 1.29 is 13.9 Å². The zero-order chi connectivity index (χ0) is 21.5. The van der Waals surface area contributed by atoms with E-state index in [2.05, 4.69) is 5.32 Å². The lowest BCUT2D eigenvalue weighted by Gasteiger charge is -2.06. The van der Waals surface area contributed by atoms with Crippen LogP contribution in [0.1, 0.15) is 5.56 Å². The van der Waals surface area contributed by atoms with Crippen LogP contribution in [-0.4, -0.2) is 30.7 Å². The van der Waals surface area contributed by atoms with Gasteiger partial charge in [0.25, 0.3) is 11.5 Å².